The minimum atomic E-state index is -0.0507. The molecule has 0 bridgehead atoms. The SMILES string of the molecule is C=C(C)CN(CC)C(=O)Cn1nnc(-c2ccc(Br)cc2)n1. The van der Waals surface area contributed by atoms with Crippen LogP contribution in [0.1, 0.15) is 13.8 Å². The number of carbonyl (C=O) groups is 1. The van der Waals surface area contributed by atoms with Crippen molar-refractivity contribution in [3.8, 4) is 11.4 Å². The second kappa shape index (κ2) is 7.31. The van der Waals surface area contributed by atoms with Crippen LogP contribution in [0.25, 0.3) is 11.4 Å². The van der Waals surface area contributed by atoms with E-state index in [2.05, 4.69) is 37.9 Å². The summed E-state index contributed by atoms with van der Waals surface area (Å²) >= 11 is 3.38. The molecule has 0 radical (unpaired) electrons. The Morgan fingerprint density at radius 1 is 1.36 bits per heavy atom. The highest BCUT2D eigenvalue weighted by molar-refractivity contribution is 9.10. The van der Waals surface area contributed by atoms with Gasteiger partial charge in [-0.1, -0.05) is 28.1 Å². The average Bonchev–Trinajstić information content (AvgIpc) is 2.93. The van der Waals surface area contributed by atoms with Gasteiger partial charge in [-0.2, -0.15) is 4.80 Å². The maximum Gasteiger partial charge on any atom is 0.246 e. The Balaban J connectivity index is 2.06. The predicted octanol–water partition coefficient (Wildman–Crippen LogP) is 2.53. The molecule has 1 aromatic heterocycles. The Morgan fingerprint density at radius 3 is 2.64 bits per heavy atom. The summed E-state index contributed by atoms with van der Waals surface area (Å²) in [4.78, 5) is 15.3. The number of nitrogens with zero attached hydrogens (tertiary/aromatic N) is 5. The molecule has 116 valence electrons. The molecule has 1 aromatic carbocycles. The highest BCUT2D eigenvalue weighted by atomic mass is 79.9. The number of hydrogen-bond donors (Lipinski definition) is 0. The summed E-state index contributed by atoms with van der Waals surface area (Å²) in [5.41, 5.74) is 1.80. The van der Waals surface area contributed by atoms with Gasteiger partial charge in [-0.05, 0) is 43.3 Å². The van der Waals surface area contributed by atoms with Crippen LogP contribution in [0.4, 0.5) is 0 Å². The zero-order valence-electron chi connectivity index (χ0n) is 12.7. The topological polar surface area (TPSA) is 63.9 Å². The van der Waals surface area contributed by atoms with Crippen LogP contribution in [-0.2, 0) is 11.3 Å². The van der Waals surface area contributed by atoms with Crippen LogP contribution in [0.5, 0.6) is 0 Å². The molecule has 2 aromatic rings. The van der Waals surface area contributed by atoms with Crippen molar-refractivity contribution in [2.75, 3.05) is 13.1 Å². The van der Waals surface area contributed by atoms with Crippen molar-refractivity contribution in [1.29, 1.82) is 0 Å². The molecule has 7 heteroatoms. The molecule has 0 spiro atoms. The number of hydrogen-bond acceptors (Lipinski definition) is 4. The summed E-state index contributed by atoms with van der Waals surface area (Å²) in [6.45, 7) is 8.91. The van der Waals surface area contributed by atoms with Gasteiger partial charge in [0.05, 0.1) is 0 Å². The van der Waals surface area contributed by atoms with Gasteiger partial charge in [0, 0.05) is 23.1 Å². The van der Waals surface area contributed by atoms with E-state index in [0.717, 1.165) is 15.6 Å². The van der Waals surface area contributed by atoms with Crippen LogP contribution in [0.2, 0.25) is 0 Å². The van der Waals surface area contributed by atoms with Crippen LogP contribution in [0, 0.1) is 0 Å². The lowest BCUT2D eigenvalue weighted by Crippen LogP contribution is -2.35. The first-order valence-electron chi connectivity index (χ1n) is 6.95. The van der Waals surface area contributed by atoms with Crippen molar-refractivity contribution in [2.45, 2.75) is 20.4 Å². The Labute approximate surface area is 137 Å². The lowest BCUT2D eigenvalue weighted by atomic mass is 10.2. The highest BCUT2D eigenvalue weighted by Crippen LogP contribution is 2.17. The van der Waals surface area contributed by atoms with Crippen molar-refractivity contribution in [3.05, 3.63) is 40.9 Å². The van der Waals surface area contributed by atoms with E-state index in [1.165, 1.54) is 4.80 Å². The minimum absolute atomic E-state index is 0.0507. The molecular formula is C15H18BrN5O. The fraction of sp³-hybridized carbons (Fsp3) is 0.333. The molecule has 0 aliphatic heterocycles. The van der Waals surface area contributed by atoms with E-state index in [-0.39, 0.29) is 12.5 Å². The molecule has 0 fully saturated rings. The first-order chi connectivity index (χ1) is 10.5. The number of amides is 1. The van der Waals surface area contributed by atoms with Gasteiger partial charge >= 0.3 is 0 Å². The smallest absolute Gasteiger partial charge is 0.246 e. The first kappa shape index (κ1) is 16.4. The van der Waals surface area contributed by atoms with Gasteiger partial charge in [0.25, 0.3) is 0 Å². The van der Waals surface area contributed by atoms with Gasteiger partial charge in [0.15, 0.2) is 0 Å². The molecule has 0 saturated heterocycles. The van der Waals surface area contributed by atoms with E-state index in [0.29, 0.717) is 18.9 Å². The molecule has 0 N–H and O–H groups in total. The third kappa shape index (κ3) is 4.24. The average molecular weight is 364 g/mol. The van der Waals surface area contributed by atoms with Gasteiger partial charge in [-0.15, -0.1) is 10.2 Å². The van der Waals surface area contributed by atoms with Crippen LogP contribution < -0.4 is 0 Å². The predicted molar refractivity (Wildman–Crippen MR) is 88.0 cm³/mol. The zero-order valence-corrected chi connectivity index (χ0v) is 14.2. The van der Waals surface area contributed by atoms with Crippen molar-refractivity contribution in [1.82, 2.24) is 25.1 Å². The third-order valence-electron chi connectivity index (χ3n) is 3.03. The quantitative estimate of drug-likeness (QED) is 0.739. The maximum atomic E-state index is 12.2. The van der Waals surface area contributed by atoms with Crippen molar-refractivity contribution >= 4 is 21.8 Å². The molecule has 1 heterocycles. The third-order valence-corrected chi connectivity index (χ3v) is 3.56. The van der Waals surface area contributed by atoms with Crippen LogP contribution in [-0.4, -0.2) is 44.1 Å². The van der Waals surface area contributed by atoms with Crippen molar-refractivity contribution in [2.24, 2.45) is 0 Å². The first-order valence-corrected chi connectivity index (χ1v) is 7.74. The summed E-state index contributed by atoms with van der Waals surface area (Å²) in [5, 5.41) is 12.2. The lowest BCUT2D eigenvalue weighted by molar-refractivity contribution is -0.131. The number of aromatic nitrogens is 4. The maximum absolute atomic E-state index is 12.2. The fourth-order valence-corrected chi connectivity index (χ4v) is 2.21. The van der Waals surface area contributed by atoms with Crippen LogP contribution >= 0.6 is 15.9 Å². The molecule has 0 aliphatic carbocycles. The van der Waals surface area contributed by atoms with Gasteiger partial charge in [0.1, 0.15) is 6.54 Å². The Bertz CT molecular complexity index is 665. The second-order valence-corrected chi connectivity index (χ2v) is 5.93. The van der Waals surface area contributed by atoms with Gasteiger partial charge in [-0.25, -0.2) is 0 Å². The number of rotatable bonds is 6. The molecule has 0 aliphatic rings. The fourth-order valence-electron chi connectivity index (χ4n) is 1.95. The Hall–Kier alpha value is -2.02. The standard InChI is InChI=1S/C15H18BrN5O/c1-4-20(9-11(2)3)14(22)10-21-18-15(17-19-21)12-5-7-13(16)8-6-12/h5-8H,2,4,9-10H2,1,3H3. The van der Waals surface area contributed by atoms with E-state index in [9.17, 15) is 4.79 Å². The largest absolute Gasteiger partial charge is 0.337 e. The monoisotopic (exact) mass is 363 g/mol. The van der Waals surface area contributed by atoms with Gasteiger partial charge in [0.2, 0.25) is 11.7 Å². The molecule has 0 saturated carbocycles. The molecule has 2 rings (SSSR count). The molecular weight excluding hydrogens is 346 g/mol. The summed E-state index contributed by atoms with van der Waals surface area (Å²) in [6, 6.07) is 7.61. The highest BCUT2D eigenvalue weighted by Gasteiger charge is 2.14. The second-order valence-electron chi connectivity index (χ2n) is 5.02. The number of likely N-dealkylation sites (N-methyl/N-ethyl adjacent to an activating group) is 1. The van der Waals surface area contributed by atoms with Crippen molar-refractivity contribution < 1.29 is 4.79 Å². The molecule has 0 unspecified atom stereocenters. The van der Waals surface area contributed by atoms with E-state index in [4.69, 9.17) is 0 Å². The number of carbonyl (C=O) groups excluding carboxylic acids is 1. The summed E-state index contributed by atoms with van der Waals surface area (Å²) in [7, 11) is 0. The van der Waals surface area contributed by atoms with Gasteiger partial charge < -0.3 is 4.90 Å². The minimum Gasteiger partial charge on any atom is -0.337 e. The normalized spacial score (nSPS) is 10.5. The number of halogens is 1. The van der Waals surface area contributed by atoms with E-state index in [1.54, 1.807) is 4.90 Å². The molecule has 0 atom stereocenters. The van der Waals surface area contributed by atoms with E-state index in [1.807, 2.05) is 38.1 Å². The summed E-state index contributed by atoms with van der Waals surface area (Å²) in [6.07, 6.45) is 0. The van der Waals surface area contributed by atoms with Gasteiger partial charge in [-0.3, -0.25) is 4.79 Å². The Morgan fingerprint density at radius 2 is 2.05 bits per heavy atom. The summed E-state index contributed by atoms with van der Waals surface area (Å²) in [5.74, 6) is 0.452. The molecule has 6 nitrogen and oxygen atoms in total. The molecule has 1 amide bonds. The van der Waals surface area contributed by atoms with E-state index >= 15 is 0 Å². The van der Waals surface area contributed by atoms with Crippen LogP contribution in [0.15, 0.2) is 40.9 Å². The van der Waals surface area contributed by atoms with Crippen LogP contribution in [0.3, 0.4) is 0 Å². The molecule has 22 heavy (non-hydrogen) atoms. The van der Waals surface area contributed by atoms with E-state index < -0.39 is 0 Å². The number of tetrazole rings is 1. The number of benzene rings is 1. The Kier molecular flexibility index (Phi) is 5.43. The zero-order chi connectivity index (χ0) is 16.1. The lowest BCUT2D eigenvalue weighted by Gasteiger charge is -2.20. The van der Waals surface area contributed by atoms with Crippen molar-refractivity contribution in [3.63, 3.8) is 0 Å². The summed E-state index contributed by atoms with van der Waals surface area (Å²) < 4.78 is 0.984.